The molecule has 0 saturated heterocycles. The molecule has 0 unspecified atom stereocenters. The second-order valence-corrected chi connectivity index (χ2v) is 6.97. The van der Waals surface area contributed by atoms with E-state index in [-0.39, 0.29) is 11.3 Å². The van der Waals surface area contributed by atoms with Gasteiger partial charge in [0.1, 0.15) is 0 Å². The van der Waals surface area contributed by atoms with Gasteiger partial charge in [0.2, 0.25) is 0 Å². The van der Waals surface area contributed by atoms with Crippen LogP contribution in [-0.4, -0.2) is 39.3 Å². The predicted octanol–water partition coefficient (Wildman–Crippen LogP) is 3.00. The number of imidazole rings is 1. The van der Waals surface area contributed by atoms with Gasteiger partial charge in [-0.1, -0.05) is 18.2 Å². The van der Waals surface area contributed by atoms with E-state index in [1.807, 2.05) is 49.3 Å². The monoisotopic (exact) mass is 388 g/mol. The maximum Gasteiger partial charge on any atom is 0.335 e. The molecule has 0 saturated carbocycles. The maximum atomic E-state index is 13.3. The lowest BCUT2D eigenvalue weighted by molar-refractivity contribution is 0.0697. The fourth-order valence-corrected chi connectivity index (χ4v) is 3.33. The number of rotatable bonds is 5. The largest absolute Gasteiger partial charge is 0.478 e. The normalized spacial score (nSPS) is 11.0. The van der Waals surface area contributed by atoms with E-state index in [4.69, 9.17) is 0 Å². The fraction of sp³-hybridized carbons (Fsp3) is 0.136. The summed E-state index contributed by atoms with van der Waals surface area (Å²) in [4.78, 5) is 31.0. The van der Waals surface area contributed by atoms with Gasteiger partial charge >= 0.3 is 11.7 Å². The summed E-state index contributed by atoms with van der Waals surface area (Å²) in [6.07, 6.45) is 1.62. The predicted molar refractivity (Wildman–Crippen MR) is 112 cm³/mol. The highest BCUT2D eigenvalue weighted by Gasteiger charge is 2.17. The number of anilines is 1. The van der Waals surface area contributed by atoms with Crippen LogP contribution < -0.4 is 10.6 Å². The van der Waals surface area contributed by atoms with Crippen molar-refractivity contribution in [3.05, 3.63) is 88.5 Å². The highest BCUT2D eigenvalue weighted by Crippen LogP contribution is 2.19. The number of pyridine rings is 1. The average molecular weight is 388 g/mol. The van der Waals surface area contributed by atoms with E-state index >= 15 is 0 Å². The zero-order valence-corrected chi connectivity index (χ0v) is 16.1. The molecule has 7 heteroatoms. The van der Waals surface area contributed by atoms with Crippen LogP contribution in [0.25, 0.3) is 16.9 Å². The van der Waals surface area contributed by atoms with Crippen LogP contribution in [0.4, 0.5) is 5.69 Å². The first-order valence-corrected chi connectivity index (χ1v) is 9.12. The highest BCUT2D eigenvalue weighted by molar-refractivity contribution is 5.88. The van der Waals surface area contributed by atoms with Gasteiger partial charge in [0.15, 0.2) is 5.65 Å². The fourth-order valence-electron chi connectivity index (χ4n) is 3.33. The van der Waals surface area contributed by atoms with Gasteiger partial charge in [-0.3, -0.25) is 4.57 Å². The van der Waals surface area contributed by atoms with E-state index in [0.717, 1.165) is 11.3 Å². The Morgan fingerprint density at radius 3 is 2.52 bits per heavy atom. The van der Waals surface area contributed by atoms with Crippen LogP contribution in [0.3, 0.4) is 0 Å². The topological polar surface area (TPSA) is 80.4 Å². The number of carboxylic acids is 1. The van der Waals surface area contributed by atoms with Crippen LogP contribution in [0.1, 0.15) is 15.9 Å². The number of hydrogen-bond acceptors (Lipinski definition) is 4. The Bertz CT molecular complexity index is 1250. The number of fused-ring (bicyclic) bond motifs is 1. The number of carboxylic acid groups (broad SMARTS) is 1. The van der Waals surface area contributed by atoms with E-state index in [1.165, 1.54) is 16.7 Å². The number of carbonyl (C=O) groups is 1. The summed E-state index contributed by atoms with van der Waals surface area (Å²) in [5.41, 5.74) is 3.57. The van der Waals surface area contributed by atoms with Gasteiger partial charge in [0.25, 0.3) is 0 Å². The molecule has 0 bridgehead atoms. The molecule has 0 radical (unpaired) electrons. The molecule has 4 rings (SSSR count). The van der Waals surface area contributed by atoms with Crippen molar-refractivity contribution in [1.82, 2.24) is 14.1 Å². The van der Waals surface area contributed by atoms with Crippen molar-refractivity contribution < 1.29 is 9.90 Å². The van der Waals surface area contributed by atoms with Crippen molar-refractivity contribution in [2.45, 2.75) is 6.54 Å². The van der Waals surface area contributed by atoms with E-state index in [0.29, 0.717) is 23.4 Å². The minimum atomic E-state index is -1.04. The Morgan fingerprint density at radius 1 is 1.07 bits per heavy atom. The molecule has 4 aromatic rings. The van der Waals surface area contributed by atoms with Gasteiger partial charge in [-0.25, -0.2) is 19.1 Å². The molecule has 2 heterocycles. The van der Waals surface area contributed by atoms with Gasteiger partial charge in [-0.05, 0) is 48.0 Å². The summed E-state index contributed by atoms with van der Waals surface area (Å²) < 4.78 is 3.11. The number of aromatic carboxylic acids is 1. The van der Waals surface area contributed by atoms with Gasteiger partial charge in [-0.2, -0.15) is 0 Å². The van der Waals surface area contributed by atoms with Gasteiger partial charge in [-0.15, -0.1) is 0 Å². The van der Waals surface area contributed by atoms with Gasteiger partial charge in [0.05, 0.1) is 23.3 Å². The SMILES string of the molecule is CN(C)c1ccc(Cn2c(=O)n(-c3cccc(C(=O)O)c3)c3ncccc32)cc1. The van der Waals surface area contributed by atoms with E-state index < -0.39 is 5.97 Å². The van der Waals surface area contributed by atoms with E-state index in [1.54, 1.807) is 29.0 Å². The first-order chi connectivity index (χ1) is 14.0. The Morgan fingerprint density at radius 2 is 1.83 bits per heavy atom. The second kappa shape index (κ2) is 7.27. The Hall–Kier alpha value is -3.87. The second-order valence-electron chi connectivity index (χ2n) is 6.97. The first kappa shape index (κ1) is 18.5. The van der Waals surface area contributed by atoms with Crippen molar-refractivity contribution in [2.24, 2.45) is 0 Å². The minimum absolute atomic E-state index is 0.116. The average Bonchev–Trinajstić information content (AvgIpc) is 3.00. The lowest BCUT2D eigenvalue weighted by atomic mass is 10.2. The molecule has 0 amide bonds. The Labute approximate surface area is 167 Å². The molecular formula is C22H20N4O3. The number of hydrogen-bond donors (Lipinski definition) is 1. The van der Waals surface area contributed by atoms with Crippen molar-refractivity contribution >= 4 is 22.8 Å². The van der Waals surface area contributed by atoms with E-state index in [9.17, 15) is 14.7 Å². The summed E-state index contributed by atoms with van der Waals surface area (Å²) in [5.74, 6) is -1.04. The number of aromatic nitrogens is 3. The molecule has 0 aliphatic rings. The first-order valence-electron chi connectivity index (χ1n) is 9.12. The van der Waals surface area contributed by atoms with Crippen molar-refractivity contribution in [3.63, 3.8) is 0 Å². The molecule has 29 heavy (non-hydrogen) atoms. The Kier molecular flexibility index (Phi) is 4.64. The summed E-state index contributed by atoms with van der Waals surface area (Å²) in [7, 11) is 3.95. The standard InChI is InChI=1S/C22H20N4O3/c1-24(2)17-10-8-15(9-11-17)14-25-19-7-4-12-23-20(19)26(22(25)29)18-6-3-5-16(13-18)21(27)28/h3-13H,14H2,1-2H3,(H,27,28). The van der Waals surface area contributed by atoms with Crippen molar-refractivity contribution in [3.8, 4) is 5.69 Å². The van der Waals surface area contributed by atoms with Crippen LogP contribution in [0, 0.1) is 0 Å². The van der Waals surface area contributed by atoms with Crippen molar-refractivity contribution in [2.75, 3.05) is 19.0 Å². The molecule has 0 fully saturated rings. The van der Waals surface area contributed by atoms with Crippen LogP contribution in [-0.2, 0) is 6.54 Å². The van der Waals surface area contributed by atoms with Crippen LogP contribution in [0.2, 0.25) is 0 Å². The Balaban J connectivity index is 1.84. The third kappa shape index (κ3) is 3.38. The molecular weight excluding hydrogens is 368 g/mol. The molecule has 146 valence electrons. The van der Waals surface area contributed by atoms with Crippen LogP contribution in [0.5, 0.6) is 0 Å². The maximum absolute atomic E-state index is 13.3. The summed E-state index contributed by atoms with van der Waals surface area (Å²) in [6.45, 7) is 0.389. The molecule has 0 atom stereocenters. The lowest BCUT2D eigenvalue weighted by Crippen LogP contribution is -2.24. The summed E-state index contributed by atoms with van der Waals surface area (Å²) >= 11 is 0. The summed E-state index contributed by atoms with van der Waals surface area (Å²) in [5, 5.41) is 9.29. The minimum Gasteiger partial charge on any atom is -0.478 e. The van der Waals surface area contributed by atoms with Crippen LogP contribution in [0.15, 0.2) is 71.7 Å². The lowest BCUT2D eigenvalue weighted by Gasteiger charge is -2.12. The zero-order chi connectivity index (χ0) is 20.5. The number of benzene rings is 2. The van der Waals surface area contributed by atoms with Gasteiger partial charge in [0, 0.05) is 26.0 Å². The summed E-state index contributed by atoms with van der Waals surface area (Å²) in [6, 6.07) is 17.9. The quantitative estimate of drug-likeness (QED) is 0.568. The molecule has 0 spiro atoms. The molecule has 0 aliphatic carbocycles. The third-order valence-electron chi connectivity index (χ3n) is 4.84. The highest BCUT2D eigenvalue weighted by atomic mass is 16.4. The van der Waals surface area contributed by atoms with E-state index in [2.05, 4.69) is 4.98 Å². The molecule has 0 aliphatic heterocycles. The smallest absolute Gasteiger partial charge is 0.335 e. The zero-order valence-electron chi connectivity index (χ0n) is 16.1. The molecule has 1 N–H and O–H groups in total. The number of nitrogens with zero attached hydrogens (tertiary/aromatic N) is 4. The van der Waals surface area contributed by atoms with Gasteiger partial charge < -0.3 is 10.0 Å². The molecule has 2 aromatic heterocycles. The van der Waals surface area contributed by atoms with Crippen LogP contribution >= 0.6 is 0 Å². The molecule has 2 aromatic carbocycles. The third-order valence-corrected chi connectivity index (χ3v) is 4.84. The molecule has 7 nitrogen and oxygen atoms in total. The van der Waals surface area contributed by atoms with Crippen molar-refractivity contribution in [1.29, 1.82) is 0 Å².